The standard InChI is InChI=1S/C19H27N3O3/c1-4-22-13-16(12-21-22)19-15(7-8-25-19)11-20-10-14-5-6-17(23-2)18(9-14)24-3/h5-6,9,12-13,15,19-20H,4,7-8,10-11H2,1-3H3/t15-,19+/m1/s1. The highest BCUT2D eigenvalue weighted by molar-refractivity contribution is 5.42. The minimum absolute atomic E-state index is 0.137. The van der Waals surface area contributed by atoms with Crippen LogP contribution in [0.4, 0.5) is 0 Å². The van der Waals surface area contributed by atoms with Crippen molar-refractivity contribution in [1.29, 1.82) is 0 Å². The van der Waals surface area contributed by atoms with E-state index in [0.29, 0.717) is 5.92 Å². The van der Waals surface area contributed by atoms with E-state index in [1.807, 2.05) is 23.0 Å². The normalized spacial score (nSPS) is 20.0. The molecular weight excluding hydrogens is 318 g/mol. The topological polar surface area (TPSA) is 57.5 Å². The number of hydrogen-bond acceptors (Lipinski definition) is 5. The van der Waals surface area contributed by atoms with Gasteiger partial charge in [0.25, 0.3) is 0 Å². The Balaban J connectivity index is 1.56. The number of hydrogen-bond donors (Lipinski definition) is 1. The van der Waals surface area contributed by atoms with Gasteiger partial charge in [-0.2, -0.15) is 5.10 Å². The van der Waals surface area contributed by atoms with Crippen LogP contribution in [-0.2, 0) is 17.8 Å². The van der Waals surface area contributed by atoms with Crippen molar-refractivity contribution in [3.8, 4) is 11.5 Å². The smallest absolute Gasteiger partial charge is 0.161 e. The van der Waals surface area contributed by atoms with Crippen LogP contribution in [0.25, 0.3) is 0 Å². The molecule has 1 aromatic carbocycles. The SMILES string of the molecule is CCn1cc([C@H]2OCC[C@@H]2CNCc2ccc(OC)c(OC)c2)cn1. The second kappa shape index (κ2) is 8.36. The number of rotatable bonds is 8. The zero-order valence-corrected chi connectivity index (χ0v) is 15.2. The van der Waals surface area contributed by atoms with Crippen LogP contribution in [0.15, 0.2) is 30.6 Å². The number of aromatic nitrogens is 2. The number of nitrogens with zero attached hydrogens (tertiary/aromatic N) is 2. The highest BCUT2D eigenvalue weighted by Gasteiger charge is 2.30. The summed E-state index contributed by atoms with van der Waals surface area (Å²) in [4.78, 5) is 0. The lowest BCUT2D eigenvalue weighted by molar-refractivity contribution is 0.0904. The molecule has 1 fully saturated rings. The maximum atomic E-state index is 5.95. The van der Waals surface area contributed by atoms with Crippen molar-refractivity contribution in [3.05, 3.63) is 41.7 Å². The van der Waals surface area contributed by atoms with E-state index in [1.165, 1.54) is 11.1 Å². The molecule has 2 aromatic rings. The van der Waals surface area contributed by atoms with E-state index in [2.05, 4.69) is 29.6 Å². The molecule has 0 aliphatic carbocycles. The van der Waals surface area contributed by atoms with Crippen molar-refractivity contribution in [1.82, 2.24) is 15.1 Å². The molecule has 1 N–H and O–H groups in total. The Hall–Kier alpha value is -2.05. The molecule has 1 aliphatic rings. The lowest BCUT2D eigenvalue weighted by atomic mass is 9.97. The molecule has 0 unspecified atom stereocenters. The minimum atomic E-state index is 0.137. The maximum Gasteiger partial charge on any atom is 0.161 e. The Morgan fingerprint density at radius 1 is 1.28 bits per heavy atom. The van der Waals surface area contributed by atoms with Gasteiger partial charge in [0.2, 0.25) is 0 Å². The van der Waals surface area contributed by atoms with Gasteiger partial charge in [0.1, 0.15) is 0 Å². The largest absolute Gasteiger partial charge is 0.493 e. The fourth-order valence-electron chi connectivity index (χ4n) is 3.30. The molecule has 2 atom stereocenters. The second-order valence-corrected chi connectivity index (χ2v) is 6.29. The van der Waals surface area contributed by atoms with E-state index in [1.54, 1.807) is 14.2 Å². The highest BCUT2D eigenvalue weighted by Crippen LogP contribution is 2.34. The molecular formula is C19H27N3O3. The van der Waals surface area contributed by atoms with E-state index in [4.69, 9.17) is 14.2 Å². The molecule has 0 saturated carbocycles. The zero-order chi connectivity index (χ0) is 17.6. The first-order chi connectivity index (χ1) is 12.2. The van der Waals surface area contributed by atoms with Crippen LogP contribution < -0.4 is 14.8 Å². The van der Waals surface area contributed by atoms with Gasteiger partial charge in [0.15, 0.2) is 11.5 Å². The molecule has 136 valence electrons. The van der Waals surface area contributed by atoms with Crippen LogP contribution in [0.3, 0.4) is 0 Å². The summed E-state index contributed by atoms with van der Waals surface area (Å²) in [6, 6.07) is 6.01. The molecule has 1 aliphatic heterocycles. The van der Waals surface area contributed by atoms with E-state index >= 15 is 0 Å². The summed E-state index contributed by atoms with van der Waals surface area (Å²) in [6.07, 6.45) is 5.23. The average molecular weight is 345 g/mol. The number of ether oxygens (including phenoxy) is 3. The number of methoxy groups -OCH3 is 2. The number of aryl methyl sites for hydroxylation is 1. The van der Waals surface area contributed by atoms with Gasteiger partial charge >= 0.3 is 0 Å². The summed E-state index contributed by atoms with van der Waals surface area (Å²) >= 11 is 0. The van der Waals surface area contributed by atoms with Crippen molar-refractivity contribution >= 4 is 0 Å². The third-order valence-electron chi connectivity index (χ3n) is 4.70. The van der Waals surface area contributed by atoms with Crippen LogP contribution >= 0.6 is 0 Å². The summed E-state index contributed by atoms with van der Waals surface area (Å²) in [6.45, 7) is 5.49. The fraction of sp³-hybridized carbons (Fsp3) is 0.526. The maximum absolute atomic E-state index is 5.95. The highest BCUT2D eigenvalue weighted by atomic mass is 16.5. The first-order valence-corrected chi connectivity index (χ1v) is 8.80. The Morgan fingerprint density at radius 3 is 2.84 bits per heavy atom. The van der Waals surface area contributed by atoms with Gasteiger partial charge in [-0.05, 0) is 31.0 Å². The predicted molar refractivity (Wildman–Crippen MR) is 96.0 cm³/mol. The van der Waals surface area contributed by atoms with E-state index in [0.717, 1.165) is 44.2 Å². The van der Waals surface area contributed by atoms with Gasteiger partial charge in [0, 0.05) is 43.9 Å². The fourth-order valence-corrected chi connectivity index (χ4v) is 3.30. The van der Waals surface area contributed by atoms with Gasteiger partial charge in [-0.3, -0.25) is 4.68 Å². The summed E-state index contributed by atoms with van der Waals surface area (Å²) in [5.74, 6) is 1.98. The molecule has 2 heterocycles. The first kappa shape index (κ1) is 17.8. The predicted octanol–water partition coefficient (Wildman–Crippen LogP) is 2.79. The first-order valence-electron chi connectivity index (χ1n) is 8.80. The Morgan fingerprint density at radius 2 is 2.12 bits per heavy atom. The van der Waals surface area contributed by atoms with Gasteiger partial charge < -0.3 is 19.5 Å². The summed E-state index contributed by atoms with van der Waals surface area (Å²) in [5.41, 5.74) is 2.35. The summed E-state index contributed by atoms with van der Waals surface area (Å²) < 4.78 is 18.5. The van der Waals surface area contributed by atoms with Crippen molar-refractivity contribution in [2.24, 2.45) is 5.92 Å². The van der Waals surface area contributed by atoms with Crippen molar-refractivity contribution in [2.45, 2.75) is 32.5 Å². The Labute approximate surface area is 149 Å². The molecule has 3 rings (SSSR count). The number of benzene rings is 1. The van der Waals surface area contributed by atoms with Crippen LogP contribution in [0.2, 0.25) is 0 Å². The van der Waals surface area contributed by atoms with Crippen LogP contribution in [0, 0.1) is 5.92 Å². The van der Waals surface area contributed by atoms with Crippen molar-refractivity contribution < 1.29 is 14.2 Å². The molecule has 6 nitrogen and oxygen atoms in total. The molecule has 1 saturated heterocycles. The molecule has 6 heteroatoms. The van der Waals surface area contributed by atoms with Crippen LogP contribution in [0.5, 0.6) is 11.5 Å². The van der Waals surface area contributed by atoms with E-state index < -0.39 is 0 Å². The monoisotopic (exact) mass is 345 g/mol. The van der Waals surface area contributed by atoms with Gasteiger partial charge in [-0.1, -0.05) is 6.07 Å². The van der Waals surface area contributed by atoms with E-state index in [9.17, 15) is 0 Å². The van der Waals surface area contributed by atoms with Crippen LogP contribution in [-0.4, -0.2) is 37.2 Å². The second-order valence-electron chi connectivity index (χ2n) is 6.29. The molecule has 0 spiro atoms. The minimum Gasteiger partial charge on any atom is -0.493 e. The van der Waals surface area contributed by atoms with E-state index in [-0.39, 0.29) is 6.10 Å². The summed E-state index contributed by atoms with van der Waals surface area (Å²) in [7, 11) is 3.31. The van der Waals surface area contributed by atoms with Gasteiger partial charge in [-0.15, -0.1) is 0 Å². The van der Waals surface area contributed by atoms with Gasteiger partial charge in [0.05, 0.1) is 26.5 Å². The van der Waals surface area contributed by atoms with Crippen molar-refractivity contribution in [2.75, 3.05) is 27.4 Å². The quantitative estimate of drug-likeness (QED) is 0.797. The van der Waals surface area contributed by atoms with Crippen LogP contribution in [0.1, 0.15) is 30.6 Å². The average Bonchev–Trinajstić information content (AvgIpc) is 3.30. The Kier molecular flexibility index (Phi) is 5.94. The molecule has 1 aromatic heterocycles. The third-order valence-corrected chi connectivity index (χ3v) is 4.70. The Bertz CT molecular complexity index is 686. The molecule has 0 bridgehead atoms. The lowest BCUT2D eigenvalue weighted by Crippen LogP contribution is -2.24. The van der Waals surface area contributed by atoms with Gasteiger partial charge in [-0.25, -0.2) is 0 Å². The third kappa shape index (κ3) is 4.14. The summed E-state index contributed by atoms with van der Waals surface area (Å²) in [5, 5.41) is 7.92. The molecule has 25 heavy (non-hydrogen) atoms. The molecule has 0 radical (unpaired) electrons. The zero-order valence-electron chi connectivity index (χ0n) is 15.2. The number of nitrogens with one attached hydrogen (secondary N) is 1. The lowest BCUT2D eigenvalue weighted by Gasteiger charge is -2.18. The van der Waals surface area contributed by atoms with Crippen molar-refractivity contribution in [3.63, 3.8) is 0 Å². The molecule has 0 amide bonds.